The van der Waals surface area contributed by atoms with E-state index in [0.717, 1.165) is 36.4 Å². The molecule has 21 nitrogen and oxygen atoms in total. The van der Waals surface area contributed by atoms with Crippen LogP contribution < -0.4 is 22.1 Å². The van der Waals surface area contributed by atoms with Crippen molar-refractivity contribution in [3.8, 4) is 11.5 Å². The summed E-state index contributed by atoms with van der Waals surface area (Å²) < 4.78 is 65.2. The Balaban J connectivity index is 1.23. The minimum Gasteiger partial charge on any atom is -0.507 e. The second kappa shape index (κ2) is 15.1. The fourth-order valence-corrected chi connectivity index (χ4v) is 6.66. The first-order valence-corrected chi connectivity index (χ1v) is 18.8. The number of carbonyl (C=O) groups is 3. The number of hydrogen-bond acceptors (Lipinski definition) is 15. The molecular formula is C35H26N8O13S2. The number of amides is 2. The Bertz CT molecular complexity index is 2840. The van der Waals surface area contributed by atoms with Crippen molar-refractivity contribution in [3.05, 3.63) is 96.1 Å². The number of aromatic carboxylic acids is 2. The van der Waals surface area contributed by atoms with Crippen molar-refractivity contribution in [1.29, 1.82) is 0 Å². The molecule has 12 N–H and O–H groups in total. The number of nitrogen functional groups attached to an aromatic ring is 2. The fourth-order valence-electron chi connectivity index (χ4n) is 5.59. The van der Waals surface area contributed by atoms with Gasteiger partial charge in [-0.3, -0.25) is 9.11 Å². The highest BCUT2D eigenvalue weighted by molar-refractivity contribution is 7.86. The molecule has 0 aliphatic rings. The summed E-state index contributed by atoms with van der Waals surface area (Å²) in [4.78, 5) is 36.0. The van der Waals surface area contributed by atoms with Crippen LogP contribution in [0.15, 0.2) is 115 Å². The van der Waals surface area contributed by atoms with Crippen LogP contribution in [0.3, 0.4) is 0 Å². The largest absolute Gasteiger partial charge is 0.507 e. The van der Waals surface area contributed by atoms with Gasteiger partial charge in [0.05, 0.1) is 43.1 Å². The predicted molar refractivity (Wildman–Crippen MR) is 207 cm³/mol. The van der Waals surface area contributed by atoms with E-state index < -0.39 is 70.6 Å². The van der Waals surface area contributed by atoms with Crippen molar-refractivity contribution in [2.24, 2.45) is 20.5 Å². The summed E-state index contributed by atoms with van der Waals surface area (Å²) in [7, 11) is -9.35. The summed E-state index contributed by atoms with van der Waals surface area (Å²) in [5.41, 5.74) is 10.3. The van der Waals surface area contributed by atoms with Crippen LogP contribution in [-0.2, 0) is 20.2 Å². The number of carboxylic acid groups (broad SMARTS) is 2. The summed E-state index contributed by atoms with van der Waals surface area (Å²) in [6.07, 6.45) is 0. The van der Waals surface area contributed by atoms with Gasteiger partial charge in [-0.1, -0.05) is 12.1 Å². The molecule has 0 aliphatic carbocycles. The Morgan fingerprint density at radius 3 is 1.26 bits per heavy atom. The van der Waals surface area contributed by atoms with E-state index in [4.69, 9.17) is 11.5 Å². The second-order valence-corrected chi connectivity index (χ2v) is 14.9. The van der Waals surface area contributed by atoms with E-state index in [9.17, 15) is 60.8 Å². The molecule has 0 heterocycles. The van der Waals surface area contributed by atoms with E-state index in [1.807, 2.05) is 0 Å². The number of benzene rings is 6. The zero-order valence-corrected chi connectivity index (χ0v) is 30.5. The van der Waals surface area contributed by atoms with Gasteiger partial charge in [0.25, 0.3) is 20.2 Å². The number of hydrogen-bond donors (Lipinski definition) is 10. The zero-order valence-electron chi connectivity index (χ0n) is 28.9. The van der Waals surface area contributed by atoms with Gasteiger partial charge < -0.3 is 42.5 Å². The summed E-state index contributed by atoms with van der Waals surface area (Å²) >= 11 is 0. The van der Waals surface area contributed by atoms with Crippen LogP contribution >= 0.6 is 0 Å². The number of azo groups is 2. The molecule has 0 atom stereocenters. The molecule has 0 unspecified atom stereocenters. The van der Waals surface area contributed by atoms with Crippen molar-refractivity contribution >= 4 is 105 Å². The van der Waals surface area contributed by atoms with Crippen LogP contribution in [0.1, 0.15) is 20.7 Å². The average Bonchev–Trinajstić information content (AvgIpc) is 3.13. The van der Waals surface area contributed by atoms with E-state index in [1.54, 1.807) is 0 Å². The van der Waals surface area contributed by atoms with Crippen molar-refractivity contribution in [3.63, 3.8) is 0 Å². The van der Waals surface area contributed by atoms with E-state index in [1.165, 1.54) is 48.5 Å². The minimum atomic E-state index is -4.67. The first-order chi connectivity index (χ1) is 27.2. The van der Waals surface area contributed by atoms with Gasteiger partial charge in [0.2, 0.25) is 0 Å². The van der Waals surface area contributed by atoms with Crippen LogP contribution in [0.5, 0.6) is 11.5 Å². The number of fused-ring (bicyclic) bond motifs is 2. The SMILES string of the molecule is Nc1ccc2cc(S(=O)(=O)O)cc(O)c2c1/N=N/c1ccc(NC(=O)Nc2ccc(/N=N/c3c(N)ccc4cc(S(=O)(=O)O)cc(O)c34)c(C(=O)O)c2)cc1C(=O)O. The predicted octanol–water partition coefficient (Wildman–Crippen LogP) is 6.93. The van der Waals surface area contributed by atoms with Crippen LogP contribution in [0, 0.1) is 0 Å². The number of phenols is 2. The monoisotopic (exact) mass is 830 g/mol. The average molecular weight is 831 g/mol. The molecule has 0 aromatic heterocycles. The lowest BCUT2D eigenvalue weighted by Gasteiger charge is -2.11. The number of urea groups is 1. The third kappa shape index (κ3) is 8.26. The molecule has 0 aliphatic heterocycles. The van der Waals surface area contributed by atoms with Crippen LogP contribution in [0.25, 0.3) is 21.5 Å². The van der Waals surface area contributed by atoms with Crippen LogP contribution in [0.4, 0.5) is 50.3 Å². The van der Waals surface area contributed by atoms with Gasteiger partial charge in [-0.05, 0) is 71.4 Å². The number of rotatable bonds is 10. The molecule has 0 radical (unpaired) electrons. The van der Waals surface area contributed by atoms with Gasteiger partial charge in [-0.2, -0.15) is 16.8 Å². The summed E-state index contributed by atoms with van der Waals surface area (Å²) in [6.45, 7) is 0. The van der Waals surface area contributed by atoms with Crippen molar-refractivity contribution in [2.45, 2.75) is 9.79 Å². The number of nitrogens with one attached hydrogen (secondary N) is 2. The van der Waals surface area contributed by atoms with E-state index in [2.05, 4.69) is 31.1 Å². The van der Waals surface area contributed by atoms with Gasteiger partial charge in [0, 0.05) is 23.5 Å². The Labute approximate surface area is 325 Å². The Morgan fingerprint density at radius 2 is 0.914 bits per heavy atom. The lowest BCUT2D eigenvalue weighted by atomic mass is 10.1. The van der Waals surface area contributed by atoms with Crippen molar-refractivity contribution in [2.75, 3.05) is 22.1 Å². The maximum Gasteiger partial charge on any atom is 0.338 e. The number of nitrogens with zero attached hydrogens (tertiary/aromatic N) is 4. The molecule has 0 saturated carbocycles. The number of anilines is 4. The van der Waals surface area contributed by atoms with Gasteiger partial charge >= 0.3 is 18.0 Å². The highest BCUT2D eigenvalue weighted by Gasteiger charge is 2.20. The maximum absolute atomic E-state index is 12.9. The molecule has 58 heavy (non-hydrogen) atoms. The van der Waals surface area contributed by atoms with E-state index >= 15 is 0 Å². The van der Waals surface area contributed by atoms with Gasteiger partial charge in [0.15, 0.2) is 0 Å². The maximum atomic E-state index is 12.9. The summed E-state index contributed by atoms with van der Waals surface area (Å²) in [5.74, 6) is -4.19. The molecule has 0 bridgehead atoms. The third-order valence-electron chi connectivity index (χ3n) is 8.23. The lowest BCUT2D eigenvalue weighted by Crippen LogP contribution is -2.20. The van der Waals surface area contributed by atoms with Gasteiger partial charge in [0.1, 0.15) is 34.2 Å². The zero-order chi connectivity index (χ0) is 42.3. The molecule has 0 fully saturated rings. The molecule has 6 aromatic rings. The van der Waals surface area contributed by atoms with E-state index in [0.29, 0.717) is 0 Å². The number of carbonyl (C=O) groups excluding carboxylic acids is 1. The topological polar surface area (TPSA) is 366 Å². The first kappa shape index (κ1) is 39.9. The quantitative estimate of drug-likeness (QED) is 0.0380. The molecule has 0 spiro atoms. The number of phenolic OH excluding ortho intramolecular Hbond substituents is 2. The third-order valence-corrected chi connectivity index (χ3v) is 9.89. The van der Waals surface area contributed by atoms with Crippen molar-refractivity contribution in [1.82, 2.24) is 0 Å². The molecule has 6 aromatic carbocycles. The second-order valence-electron chi connectivity index (χ2n) is 12.1. The Kier molecular flexibility index (Phi) is 10.4. The molecule has 2 amide bonds. The molecular weight excluding hydrogens is 805 g/mol. The molecule has 23 heteroatoms. The van der Waals surface area contributed by atoms with Crippen molar-refractivity contribution < 1.29 is 60.8 Å². The van der Waals surface area contributed by atoms with Gasteiger partial charge in [-0.25, -0.2) is 14.4 Å². The highest BCUT2D eigenvalue weighted by Crippen LogP contribution is 2.42. The van der Waals surface area contributed by atoms with Crippen LogP contribution in [0.2, 0.25) is 0 Å². The molecule has 296 valence electrons. The number of aromatic hydroxyl groups is 2. The lowest BCUT2D eigenvalue weighted by molar-refractivity contribution is 0.0687. The summed E-state index contributed by atoms with van der Waals surface area (Å²) in [6, 6.07) is 15.2. The smallest absolute Gasteiger partial charge is 0.338 e. The normalized spacial score (nSPS) is 12.0. The fraction of sp³-hybridized carbons (Fsp3) is 0. The number of carboxylic acids is 2. The Hall–Kier alpha value is -7.73. The van der Waals surface area contributed by atoms with Crippen LogP contribution in [-0.4, -0.2) is 64.3 Å². The number of nitrogens with two attached hydrogens (primary N) is 2. The van der Waals surface area contributed by atoms with Gasteiger partial charge in [-0.15, -0.1) is 20.5 Å². The standard InChI is InChI=1S/C35H26N8O13S2/c36-23-5-1-15-9-19(57(51,52)53)13-27(44)29(15)31(23)42-40-25-7-3-17(11-21(25)33(46)47)38-35(50)39-18-4-8-26(22(12-18)34(48)49)41-43-32-24(37)6-2-16-10-20(58(54,55)56)14-28(45)30(16)32/h1-14,44-45H,36-37H2,(H,46,47)(H,48,49)(H2,38,39,50)(H,51,52,53)(H,54,55,56)/b42-40+,43-41+. The highest BCUT2D eigenvalue weighted by atomic mass is 32.2. The minimum absolute atomic E-state index is 0.0194. The van der Waals surface area contributed by atoms with E-state index in [-0.39, 0.29) is 67.0 Å². The summed E-state index contributed by atoms with van der Waals surface area (Å²) in [5, 5.41) is 61.7. The molecule has 0 saturated heterocycles. The first-order valence-electron chi connectivity index (χ1n) is 15.9. The Morgan fingerprint density at radius 1 is 0.534 bits per heavy atom. The molecule has 6 rings (SSSR count).